The van der Waals surface area contributed by atoms with Crippen molar-refractivity contribution in [1.82, 2.24) is 5.43 Å². The summed E-state index contributed by atoms with van der Waals surface area (Å²) in [6, 6.07) is 10.8. The summed E-state index contributed by atoms with van der Waals surface area (Å²) in [6.45, 7) is 1.56. The van der Waals surface area contributed by atoms with Crippen LogP contribution >= 0.6 is 0 Å². The van der Waals surface area contributed by atoms with Crippen molar-refractivity contribution in [2.45, 2.75) is 26.2 Å². The Hall–Kier alpha value is -3.55. The minimum absolute atomic E-state index is 0.175. The maximum absolute atomic E-state index is 12.0. The van der Waals surface area contributed by atoms with Crippen LogP contribution in [0.2, 0.25) is 0 Å². The van der Waals surface area contributed by atoms with Gasteiger partial charge in [0.15, 0.2) is 18.1 Å². The molecule has 8 nitrogen and oxygen atoms in total. The van der Waals surface area contributed by atoms with Crippen molar-refractivity contribution in [1.29, 1.82) is 0 Å². The molecule has 0 aliphatic carbocycles. The molecular formula is C22H26N2O6. The van der Waals surface area contributed by atoms with Gasteiger partial charge in [0.1, 0.15) is 5.75 Å². The Balaban J connectivity index is 1.81. The number of aliphatic carboxylic acids is 1. The van der Waals surface area contributed by atoms with Crippen LogP contribution in [0.1, 0.15) is 29.5 Å². The molecular weight excluding hydrogens is 388 g/mol. The molecule has 0 heterocycles. The minimum Gasteiger partial charge on any atom is -0.497 e. The predicted molar refractivity (Wildman–Crippen MR) is 113 cm³/mol. The van der Waals surface area contributed by atoms with Crippen LogP contribution in [-0.2, 0) is 16.0 Å². The highest BCUT2D eigenvalue weighted by atomic mass is 16.5. The molecule has 0 aliphatic rings. The molecule has 2 rings (SSSR count). The zero-order valence-electron chi connectivity index (χ0n) is 17.3. The number of methoxy groups -OCH3 is 2. The van der Waals surface area contributed by atoms with E-state index >= 15 is 0 Å². The van der Waals surface area contributed by atoms with Crippen LogP contribution < -0.4 is 19.6 Å². The van der Waals surface area contributed by atoms with Crippen LogP contribution in [0.3, 0.4) is 0 Å². The number of rotatable bonds is 11. The van der Waals surface area contributed by atoms with Crippen molar-refractivity contribution >= 4 is 18.1 Å². The van der Waals surface area contributed by atoms with Gasteiger partial charge in [0, 0.05) is 6.42 Å². The van der Waals surface area contributed by atoms with Crippen LogP contribution in [0.5, 0.6) is 17.2 Å². The number of aryl methyl sites for hydroxylation is 2. The minimum atomic E-state index is -1.08. The molecule has 160 valence electrons. The number of carbonyl (C=O) groups excluding carboxylic acids is 1. The van der Waals surface area contributed by atoms with Gasteiger partial charge >= 0.3 is 5.97 Å². The number of hydrogen-bond donors (Lipinski definition) is 2. The summed E-state index contributed by atoms with van der Waals surface area (Å²) in [5.41, 5.74) is 5.49. The van der Waals surface area contributed by atoms with Crippen LogP contribution in [-0.4, -0.2) is 44.0 Å². The summed E-state index contributed by atoms with van der Waals surface area (Å²) in [7, 11) is 3.09. The highest BCUT2D eigenvalue weighted by molar-refractivity contribution is 5.83. The van der Waals surface area contributed by atoms with E-state index in [1.54, 1.807) is 25.3 Å². The van der Waals surface area contributed by atoms with Crippen molar-refractivity contribution in [3.63, 3.8) is 0 Å². The number of carboxylic acid groups (broad SMARTS) is 1. The van der Waals surface area contributed by atoms with E-state index in [1.165, 1.54) is 18.9 Å². The van der Waals surface area contributed by atoms with Gasteiger partial charge in [-0.1, -0.05) is 6.07 Å². The largest absolute Gasteiger partial charge is 0.497 e. The Kier molecular flexibility index (Phi) is 8.68. The lowest BCUT2D eigenvalue weighted by atomic mass is 10.0. The molecule has 1 amide bonds. The topological polar surface area (TPSA) is 106 Å². The first-order valence-electron chi connectivity index (χ1n) is 9.41. The number of nitrogens with zero attached hydrogens (tertiary/aromatic N) is 1. The van der Waals surface area contributed by atoms with E-state index in [9.17, 15) is 9.59 Å². The molecule has 0 aliphatic heterocycles. The maximum Gasteiger partial charge on any atom is 0.341 e. The number of hydrazone groups is 1. The monoisotopic (exact) mass is 414 g/mol. The number of benzene rings is 2. The van der Waals surface area contributed by atoms with Crippen LogP contribution in [0, 0.1) is 6.92 Å². The molecule has 0 spiro atoms. The van der Waals surface area contributed by atoms with Crippen LogP contribution in [0.4, 0.5) is 0 Å². The van der Waals surface area contributed by atoms with Gasteiger partial charge in [0.05, 0.1) is 20.4 Å². The number of carboxylic acids is 1. The second-order valence-corrected chi connectivity index (χ2v) is 6.53. The van der Waals surface area contributed by atoms with Gasteiger partial charge in [-0.2, -0.15) is 5.10 Å². The molecule has 2 aromatic carbocycles. The summed E-state index contributed by atoms with van der Waals surface area (Å²) in [4.78, 5) is 22.6. The molecule has 30 heavy (non-hydrogen) atoms. The van der Waals surface area contributed by atoms with Gasteiger partial charge in [-0.25, -0.2) is 10.2 Å². The van der Waals surface area contributed by atoms with E-state index in [-0.39, 0.29) is 5.91 Å². The lowest BCUT2D eigenvalue weighted by Crippen LogP contribution is -2.17. The number of amides is 1. The van der Waals surface area contributed by atoms with E-state index in [0.29, 0.717) is 29.9 Å². The third-order valence-corrected chi connectivity index (χ3v) is 4.34. The number of ether oxygens (including phenoxy) is 3. The Morgan fingerprint density at radius 3 is 2.57 bits per heavy atom. The van der Waals surface area contributed by atoms with Gasteiger partial charge in [-0.05, 0) is 66.8 Å². The van der Waals surface area contributed by atoms with Crippen LogP contribution in [0.25, 0.3) is 0 Å². The molecule has 0 fully saturated rings. The second kappa shape index (κ2) is 11.5. The smallest absolute Gasteiger partial charge is 0.341 e. The summed E-state index contributed by atoms with van der Waals surface area (Å²) < 4.78 is 15.5. The van der Waals surface area contributed by atoms with Gasteiger partial charge in [0.2, 0.25) is 5.91 Å². The number of hydrogen-bond acceptors (Lipinski definition) is 6. The fourth-order valence-corrected chi connectivity index (χ4v) is 2.77. The van der Waals surface area contributed by atoms with E-state index in [2.05, 4.69) is 10.5 Å². The first-order valence-corrected chi connectivity index (χ1v) is 9.41. The van der Waals surface area contributed by atoms with E-state index in [0.717, 1.165) is 17.7 Å². The molecule has 0 unspecified atom stereocenters. The maximum atomic E-state index is 12.0. The molecule has 0 atom stereocenters. The molecule has 0 radical (unpaired) electrons. The summed E-state index contributed by atoms with van der Waals surface area (Å²) in [5, 5.41) is 12.6. The van der Waals surface area contributed by atoms with Crippen molar-refractivity contribution in [2.75, 3.05) is 20.8 Å². The fraction of sp³-hybridized carbons (Fsp3) is 0.318. The van der Waals surface area contributed by atoms with E-state index in [4.69, 9.17) is 19.3 Å². The SMILES string of the molecule is COc1ccc(CCCC(=O)N/N=C\c2ccc(OCC(=O)O)c(OC)c2)c(C)c1. The Bertz CT molecular complexity index is 910. The molecule has 0 aromatic heterocycles. The first kappa shape index (κ1) is 22.7. The van der Waals surface area contributed by atoms with Gasteiger partial charge in [-0.15, -0.1) is 0 Å². The highest BCUT2D eigenvalue weighted by Gasteiger charge is 2.08. The average Bonchev–Trinajstić information content (AvgIpc) is 2.73. The lowest BCUT2D eigenvalue weighted by molar-refractivity contribution is -0.139. The molecule has 2 aromatic rings. The molecule has 0 saturated heterocycles. The van der Waals surface area contributed by atoms with Gasteiger partial charge < -0.3 is 19.3 Å². The predicted octanol–water partition coefficient (Wildman–Crippen LogP) is 2.95. The zero-order chi connectivity index (χ0) is 21.9. The molecule has 0 bridgehead atoms. The molecule has 2 N–H and O–H groups in total. The normalized spacial score (nSPS) is 10.6. The summed E-state index contributed by atoms with van der Waals surface area (Å²) >= 11 is 0. The van der Waals surface area contributed by atoms with Crippen LogP contribution in [0.15, 0.2) is 41.5 Å². The fourth-order valence-electron chi connectivity index (χ4n) is 2.77. The Morgan fingerprint density at radius 2 is 1.90 bits per heavy atom. The highest BCUT2D eigenvalue weighted by Crippen LogP contribution is 2.27. The second-order valence-electron chi connectivity index (χ2n) is 6.53. The molecule has 8 heteroatoms. The van der Waals surface area contributed by atoms with E-state index in [1.807, 2.05) is 25.1 Å². The van der Waals surface area contributed by atoms with Crippen molar-refractivity contribution in [3.05, 3.63) is 53.1 Å². The standard InChI is InChI=1S/C22H26N2O6/c1-15-11-18(28-2)9-8-17(15)5-4-6-21(25)24-23-13-16-7-10-19(20(12-16)29-3)30-14-22(26)27/h7-13H,4-6,14H2,1-3H3,(H,24,25)(H,26,27)/b23-13-. The Labute approximate surface area is 175 Å². The van der Waals surface area contributed by atoms with E-state index < -0.39 is 12.6 Å². The summed E-state index contributed by atoms with van der Waals surface area (Å²) in [6.07, 6.45) is 3.34. The average molecular weight is 414 g/mol. The van der Waals surface area contributed by atoms with Crippen molar-refractivity contribution in [2.24, 2.45) is 5.10 Å². The lowest BCUT2D eigenvalue weighted by Gasteiger charge is -2.09. The third-order valence-electron chi connectivity index (χ3n) is 4.34. The third kappa shape index (κ3) is 7.12. The summed E-state index contributed by atoms with van der Waals surface area (Å²) in [5.74, 6) is 0.260. The quantitative estimate of drug-likeness (QED) is 0.433. The Morgan fingerprint density at radius 1 is 1.10 bits per heavy atom. The van der Waals surface area contributed by atoms with Crippen molar-refractivity contribution in [3.8, 4) is 17.2 Å². The number of nitrogens with one attached hydrogen (secondary N) is 1. The number of carbonyl (C=O) groups is 2. The zero-order valence-corrected chi connectivity index (χ0v) is 17.3. The van der Waals surface area contributed by atoms with Crippen molar-refractivity contribution < 1.29 is 28.9 Å². The van der Waals surface area contributed by atoms with Gasteiger partial charge in [0.25, 0.3) is 0 Å². The van der Waals surface area contributed by atoms with Gasteiger partial charge in [-0.3, -0.25) is 4.79 Å². The molecule has 0 saturated carbocycles. The first-order chi connectivity index (χ1) is 14.4.